The predicted octanol–water partition coefficient (Wildman–Crippen LogP) is 5.49. The molecule has 0 aliphatic heterocycles. The molecule has 6 nitrogen and oxygen atoms in total. The molecule has 4 rings (SSSR count). The van der Waals surface area contributed by atoms with Gasteiger partial charge in [-0.05, 0) is 36.2 Å². The Kier molecular flexibility index (Phi) is 7.27. The molecule has 0 saturated carbocycles. The molecule has 0 spiro atoms. The summed E-state index contributed by atoms with van der Waals surface area (Å²) in [5.74, 6) is 1.25. The summed E-state index contributed by atoms with van der Waals surface area (Å²) in [4.78, 5) is 12.9. The molecule has 0 radical (unpaired) electrons. The first-order chi connectivity index (χ1) is 16.2. The number of furan rings is 1. The first-order valence-corrected chi connectivity index (χ1v) is 10.9. The average Bonchev–Trinajstić information content (AvgIpc) is 3.24. The molecule has 0 fully saturated rings. The predicted molar refractivity (Wildman–Crippen MR) is 126 cm³/mol. The zero-order chi connectivity index (χ0) is 23.0. The second kappa shape index (κ2) is 10.7. The van der Waals surface area contributed by atoms with Gasteiger partial charge in [-0.1, -0.05) is 54.6 Å². The van der Waals surface area contributed by atoms with Gasteiger partial charge in [0.1, 0.15) is 12.2 Å². The molecule has 33 heavy (non-hydrogen) atoms. The van der Waals surface area contributed by atoms with Crippen molar-refractivity contribution in [2.75, 3.05) is 13.7 Å². The molecular weight excluding hydrogens is 418 g/mol. The van der Waals surface area contributed by atoms with Crippen molar-refractivity contribution in [2.45, 2.75) is 26.7 Å². The SMILES string of the molecule is CCOCc1c(C(=O)NCc2ccc(OCc3ccccc3)c(OC)c2)oc2ccccc12. The van der Waals surface area contributed by atoms with Crippen LogP contribution in [-0.2, 0) is 24.5 Å². The third-order valence-corrected chi connectivity index (χ3v) is 5.27. The molecule has 1 N–H and O–H groups in total. The van der Waals surface area contributed by atoms with Crippen LogP contribution in [0.25, 0.3) is 11.0 Å². The second-order valence-corrected chi connectivity index (χ2v) is 7.49. The Morgan fingerprint density at radius 1 is 0.909 bits per heavy atom. The van der Waals surface area contributed by atoms with E-state index in [1.165, 1.54) is 0 Å². The van der Waals surface area contributed by atoms with Gasteiger partial charge >= 0.3 is 0 Å². The van der Waals surface area contributed by atoms with Gasteiger partial charge in [-0.2, -0.15) is 0 Å². The number of fused-ring (bicyclic) bond motifs is 1. The van der Waals surface area contributed by atoms with E-state index in [4.69, 9.17) is 18.6 Å². The van der Waals surface area contributed by atoms with E-state index < -0.39 is 0 Å². The maximum atomic E-state index is 12.9. The molecule has 1 aromatic heterocycles. The number of methoxy groups -OCH3 is 1. The number of carbonyl (C=O) groups is 1. The standard InChI is InChI=1S/C27H27NO5/c1-3-31-18-22-21-11-7-8-12-23(21)33-26(22)27(29)28-16-20-13-14-24(25(15-20)30-2)32-17-19-9-5-4-6-10-19/h4-15H,3,16-18H2,1-2H3,(H,28,29). The summed E-state index contributed by atoms with van der Waals surface area (Å²) in [7, 11) is 1.60. The van der Waals surface area contributed by atoms with Gasteiger partial charge in [0.25, 0.3) is 5.91 Å². The Morgan fingerprint density at radius 3 is 2.48 bits per heavy atom. The summed E-state index contributed by atoms with van der Waals surface area (Å²) < 4.78 is 22.8. The zero-order valence-corrected chi connectivity index (χ0v) is 18.8. The minimum absolute atomic E-state index is 0.277. The van der Waals surface area contributed by atoms with Crippen LogP contribution in [0.3, 0.4) is 0 Å². The number of amides is 1. The molecule has 4 aromatic rings. The monoisotopic (exact) mass is 445 g/mol. The molecule has 0 bridgehead atoms. The highest BCUT2D eigenvalue weighted by atomic mass is 16.5. The van der Waals surface area contributed by atoms with Crippen LogP contribution < -0.4 is 14.8 Å². The average molecular weight is 446 g/mol. The van der Waals surface area contributed by atoms with E-state index in [-0.39, 0.29) is 11.7 Å². The molecule has 0 atom stereocenters. The van der Waals surface area contributed by atoms with Gasteiger partial charge in [-0.3, -0.25) is 4.79 Å². The molecular formula is C27H27NO5. The van der Waals surface area contributed by atoms with Crippen molar-refractivity contribution in [3.8, 4) is 11.5 Å². The molecule has 170 valence electrons. The van der Waals surface area contributed by atoms with E-state index in [0.29, 0.717) is 43.4 Å². The summed E-state index contributed by atoms with van der Waals surface area (Å²) in [6.07, 6.45) is 0. The van der Waals surface area contributed by atoms with Crippen molar-refractivity contribution < 1.29 is 23.4 Å². The van der Waals surface area contributed by atoms with E-state index in [1.807, 2.05) is 79.7 Å². The van der Waals surface area contributed by atoms with Crippen molar-refractivity contribution in [1.82, 2.24) is 5.32 Å². The Hall–Kier alpha value is -3.77. The Bertz CT molecular complexity index is 1220. The number of carbonyl (C=O) groups excluding carboxylic acids is 1. The first-order valence-electron chi connectivity index (χ1n) is 10.9. The number of nitrogens with one attached hydrogen (secondary N) is 1. The van der Waals surface area contributed by atoms with Crippen LogP contribution >= 0.6 is 0 Å². The third-order valence-electron chi connectivity index (χ3n) is 5.27. The van der Waals surface area contributed by atoms with Gasteiger partial charge < -0.3 is 23.9 Å². The third kappa shape index (κ3) is 5.35. The van der Waals surface area contributed by atoms with Crippen molar-refractivity contribution in [3.63, 3.8) is 0 Å². The van der Waals surface area contributed by atoms with E-state index in [9.17, 15) is 4.79 Å². The summed E-state index contributed by atoms with van der Waals surface area (Å²) >= 11 is 0. The zero-order valence-electron chi connectivity index (χ0n) is 18.8. The lowest BCUT2D eigenvalue weighted by Gasteiger charge is -2.13. The Labute approximate surface area is 193 Å². The van der Waals surface area contributed by atoms with E-state index >= 15 is 0 Å². The molecule has 6 heteroatoms. The fraction of sp³-hybridized carbons (Fsp3) is 0.222. The minimum Gasteiger partial charge on any atom is -0.493 e. The molecule has 1 heterocycles. The van der Waals surface area contributed by atoms with Gasteiger partial charge in [0.15, 0.2) is 17.3 Å². The smallest absolute Gasteiger partial charge is 0.287 e. The Balaban J connectivity index is 1.45. The molecule has 3 aromatic carbocycles. The number of para-hydroxylation sites is 1. The number of hydrogen-bond donors (Lipinski definition) is 1. The van der Waals surface area contributed by atoms with Crippen LogP contribution in [-0.4, -0.2) is 19.6 Å². The van der Waals surface area contributed by atoms with Gasteiger partial charge in [-0.25, -0.2) is 0 Å². The largest absolute Gasteiger partial charge is 0.493 e. The highest BCUT2D eigenvalue weighted by Gasteiger charge is 2.20. The van der Waals surface area contributed by atoms with Crippen LogP contribution in [0.1, 0.15) is 34.2 Å². The van der Waals surface area contributed by atoms with Crippen LogP contribution in [0.15, 0.2) is 77.2 Å². The maximum absolute atomic E-state index is 12.9. The number of rotatable bonds is 10. The lowest BCUT2D eigenvalue weighted by Crippen LogP contribution is -2.23. The lowest BCUT2D eigenvalue weighted by atomic mass is 10.1. The first kappa shape index (κ1) is 22.4. The van der Waals surface area contributed by atoms with Crippen molar-refractivity contribution in [2.24, 2.45) is 0 Å². The van der Waals surface area contributed by atoms with E-state index in [2.05, 4.69) is 5.32 Å². The number of benzene rings is 3. The Morgan fingerprint density at radius 2 is 1.70 bits per heavy atom. The molecule has 0 saturated heterocycles. The van der Waals surface area contributed by atoms with Gasteiger partial charge in [0, 0.05) is 24.1 Å². The van der Waals surface area contributed by atoms with Crippen LogP contribution in [0.4, 0.5) is 0 Å². The van der Waals surface area contributed by atoms with E-state index in [0.717, 1.165) is 22.1 Å². The minimum atomic E-state index is -0.288. The fourth-order valence-corrected chi connectivity index (χ4v) is 3.57. The van der Waals surface area contributed by atoms with Crippen LogP contribution in [0.2, 0.25) is 0 Å². The normalized spacial score (nSPS) is 10.8. The quantitative estimate of drug-likeness (QED) is 0.350. The van der Waals surface area contributed by atoms with E-state index in [1.54, 1.807) is 7.11 Å². The summed E-state index contributed by atoms with van der Waals surface area (Å²) in [6.45, 7) is 3.56. The molecule has 0 unspecified atom stereocenters. The molecule has 0 aliphatic rings. The summed E-state index contributed by atoms with van der Waals surface area (Å²) in [6, 6.07) is 23.1. The van der Waals surface area contributed by atoms with Crippen LogP contribution in [0, 0.1) is 0 Å². The topological polar surface area (TPSA) is 69.9 Å². The lowest BCUT2D eigenvalue weighted by molar-refractivity contribution is 0.0912. The van der Waals surface area contributed by atoms with Crippen molar-refractivity contribution >= 4 is 16.9 Å². The number of hydrogen-bond acceptors (Lipinski definition) is 5. The summed E-state index contributed by atoms with van der Waals surface area (Å²) in [5.41, 5.74) is 3.38. The van der Waals surface area contributed by atoms with Crippen LogP contribution in [0.5, 0.6) is 11.5 Å². The molecule has 1 amide bonds. The highest BCUT2D eigenvalue weighted by Crippen LogP contribution is 2.29. The van der Waals surface area contributed by atoms with Crippen molar-refractivity contribution in [3.05, 3.63) is 95.2 Å². The van der Waals surface area contributed by atoms with Gasteiger partial charge in [-0.15, -0.1) is 0 Å². The maximum Gasteiger partial charge on any atom is 0.287 e. The van der Waals surface area contributed by atoms with Gasteiger partial charge in [0.05, 0.1) is 13.7 Å². The highest BCUT2D eigenvalue weighted by molar-refractivity contribution is 5.99. The number of ether oxygens (including phenoxy) is 3. The fourth-order valence-electron chi connectivity index (χ4n) is 3.57. The second-order valence-electron chi connectivity index (χ2n) is 7.49. The molecule has 0 aliphatic carbocycles. The van der Waals surface area contributed by atoms with Gasteiger partial charge in [0.2, 0.25) is 0 Å². The van der Waals surface area contributed by atoms with Crippen molar-refractivity contribution in [1.29, 1.82) is 0 Å². The summed E-state index contributed by atoms with van der Waals surface area (Å²) in [5, 5.41) is 3.82.